The molecule has 2 heterocycles. The summed E-state index contributed by atoms with van der Waals surface area (Å²) in [4.78, 5) is 18.4. The molecular formula is C21H37N5O3. The van der Waals surface area contributed by atoms with Gasteiger partial charge in [-0.25, -0.2) is 4.79 Å². The number of aromatic nitrogens is 1. The molecule has 2 rings (SSSR count). The lowest BCUT2D eigenvalue weighted by Crippen LogP contribution is -2.44. The molecular weight excluding hydrogens is 370 g/mol. The maximum Gasteiger partial charge on any atom is 0.410 e. The standard InChI is InChI=1S/C21H37N5O3/c1-15(2)18-12-17(29-25-18)13-24-19(22-6)23-10-9-16-8-7-11-26(14-16)20(27)28-21(3,4)5/h12,15-16H,7-11,13-14H2,1-6H3,(H2,22,23,24). The lowest BCUT2D eigenvalue weighted by Gasteiger charge is -2.34. The number of amides is 1. The third-order valence-electron chi connectivity index (χ3n) is 4.84. The van der Waals surface area contributed by atoms with Gasteiger partial charge >= 0.3 is 6.09 Å². The number of hydrogen-bond acceptors (Lipinski definition) is 5. The lowest BCUT2D eigenvalue weighted by atomic mass is 9.95. The van der Waals surface area contributed by atoms with Gasteiger partial charge in [-0.05, 0) is 51.9 Å². The molecule has 1 aliphatic rings. The Hall–Kier alpha value is -2.25. The van der Waals surface area contributed by atoms with Gasteiger partial charge in [0.2, 0.25) is 0 Å². The second-order valence-corrected chi connectivity index (χ2v) is 8.95. The Balaban J connectivity index is 1.72. The fraction of sp³-hybridized carbons (Fsp3) is 0.762. The first kappa shape index (κ1) is 23.0. The molecule has 0 aliphatic carbocycles. The predicted molar refractivity (Wildman–Crippen MR) is 114 cm³/mol. The molecule has 1 aliphatic heterocycles. The molecule has 1 aromatic heterocycles. The van der Waals surface area contributed by atoms with Gasteiger partial charge in [0, 0.05) is 32.7 Å². The molecule has 0 bridgehead atoms. The third kappa shape index (κ3) is 7.95. The van der Waals surface area contributed by atoms with E-state index in [1.54, 1.807) is 7.05 Å². The Labute approximate surface area is 174 Å². The van der Waals surface area contributed by atoms with Crippen LogP contribution in [0.2, 0.25) is 0 Å². The average molecular weight is 408 g/mol. The summed E-state index contributed by atoms with van der Waals surface area (Å²) in [7, 11) is 1.75. The number of aliphatic imine (C=N–C) groups is 1. The Bertz CT molecular complexity index is 678. The van der Waals surface area contributed by atoms with Crippen molar-refractivity contribution < 1.29 is 14.1 Å². The minimum atomic E-state index is -0.455. The molecule has 0 aromatic carbocycles. The number of piperidine rings is 1. The summed E-state index contributed by atoms with van der Waals surface area (Å²) < 4.78 is 10.8. The molecule has 29 heavy (non-hydrogen) atoms. The zero-order valence-electron chi connectivity index (χ0n) is 18.7. The first-order valence-electron chi connectivity index (χ1n) is 10.6. The van der Waals surface area contributed by atoms with Crippen molar-refractivity contribution in [2.24, 2.45) is 10.9 Å². The Morgan fingerprint density at radius 2 is 2.17 bits per heavy atom. The summed E-state index contributed by atoms with van der Waals surface area (Å²) >= 11 is 0. The van der Waals surface area contributed by atoms with Gasteiger partial charge < -0.3 is 24.8 Å². The molecule has 0 radical (unpaired) electrons. The third-order valence-corrected chi connectivity index (χ3v) is 4.84. The first-order valence-corrected chi connectivity index (χ1v) is 10.6. The lowest BCUT2D eigenvalue weighted by molar-refractivity contribution is 0.0162. The van der Waals surface area contributed by atoms with E-state index in [-0.39, 0.29) is 6.09 Å². The van der Waals surface area contributed by atoms with E-state index in [1.165, 1.54) is 0 Å². The molecule has 1 amide bonds. The van der Waals surface area contributed by atoms with Gasteiger partial charge in [-0.2, -0.15) is 0 Å². The molecule has 1 unspecified atom stereocenters. The van der Waals surface area contributed by atoms with Crippen molar-refractivity contribution in [3.63, 3.8) is 0 Å². The minimum Gasteiger partial charge on any atom is -0.444 e. The van der Waals surface area contributed by atoms with E-state index in [2.05, 4.69) is 34.6 Å². The summed E-state index contributed by atoms with van der Waals surface area (Å²) in [5, 5.41) is 10.7. The van der Waals surface area contributed by atoms with Crippen LogP contribution in [0.5, 0.6) is 0 Å². The number of likely N-dealkylation sites (tertiary alicyclic amines) is 1. The number of ether oxygens (including phenoxy) is 1. The number of carbonyl (C=O) groups excluding carboxylic acids is 1. The number of hydrogen-bond donors (Lipinski definition) is 2. The largest absolute Gasteiger partial charge is 0.444 e. The summed E-state index contributed by atoms with van der Waals surface area (Å²) in [6.45, 7) is 12.7. The SMILES string of the molecule is CN=C(NCCC1CCCN(C(=O)OC(C)(C)C)C1)NCc1cc(C(C)C)no1. The summed E-state index contributed by atoms with van der Waals surface area (Å²) in [6, 6.07) is 1.97. The van der Waals surface area contributed by atoms with E-state index in [1.807, 2.05) is 31.7 Å². The van der Waals surface area contributed by atoms with E-state index < -0.39 is 5.60 Å². The Morgan fingerprint density at radius 3 is 2.79 bits per heavy atom. The van der Waals surface area contributed by atoms with E-state index in [0.717, 1.165) is 56.3 Å². The van der Waals surface area contributed by atoms with Crippen LogP contribution >= 0.6 is 0 Å². The highest BCUT2D eigenvalue weighted by atomic mass is 16.6. The number of nitrogens with zero attached hydrogens (tertiary/aromatic N) is 3. The van der Waals surface area contributed by atoms with Crippen molar-refractivity contribution in [2.75, 3.05) is 26.7 Å². The number of guanidine groups is 1. The van der Waals surface area contributed by atoms with Crippen LogP contribution in [0.3, 0.4) is 0 Å². The summed E-state index contributed by atoms with van der Waals surface area (Å²) in [5.41, 5.74) is 0.500. The molecule has 2 N–H and O–H groups in total. The molecule has 0 spiro atoms. The van der Waals surface area contributed by atoms with E-state index in [9.17, 15) is 4.79 Å². The Kier molecular flexibility index (Phi) is 8.34. The van der Waals surface area contributed by atoms with Gasteiger partial charge in [0.25, 0.3) is 0 Å². The minimum absolute atomic E-state index is 0.208. The maximum absolute atomic E-state index is 12.3. The van der Waals surface area contributed by atoms with Crippen LogP contribution in [0.25, 0.3) is 0 Å². The van der Waals surface area contributed by atoms with Gasteiger partial charge in [0.1, 0.15) is 5.60 Å². The quantitative estimate of drug-likeness (QED) is 0.554. The zero-order valence-corrected chi connectivity index (χ0v) is 18.7. The van der Waals surface area contributed by atoms with Crippen LogP contribution in [-0.2, 0) is 11.3 Å². The van der Waals surface area contributed by atoms with Crippen molar-refractivity contribution in [2.45, 2.75) is 71.9 Å². The van der Waals surface area contributed by atoms with Gasteiger partial charge in [-0.15, -0.1) is 0 Å². The fourth-order valence-corrected chi connectivity index (χ4v) is 3.26. The average Bonchev–Trinajstić information content (AvgIpc) is 3.13. The maximum atomic E-state index is 12.3. The molecule has 1 atom stereocenters. The van der Waals surface area contributed by atoms with Crippen LogP contribution in [-0.4, -0.2) is 54.4 Å². The van der Waals surface area contributed by atoms with Crippen LogP contribution < -0.4 is 10.6 Å². The summed E-state index contributed by atoms with van der Waals surface area (Å²) in [5.74, 6) is 2.33. The number of nitrogens with one attached hydrogen (secondary N) is 2. The molecule has 1 aromatic rings. The van der Waals surface area contributed by atoms with Gasteiger partial charge in [-0.3, -0.25) is 4.99 Å². The second kappa shape index (κ2) is 10.5. The van der Waals surface area contributed by atoms with Crippen molar-refractivity contribution in [1.82, 2.24) is 20.7 Å². The zero-order chi connectivity index (χ0) is 21.4. The molecule has 1 saturated heterocycles. The highest BCUT2D eigenvalue weighted by Gasteiger charge is 2.27. The van der Waals surface area contributed by atoms with Crippen LogP contribution in [0.4, 0.5) is 4.79 Å². The molecule has 0 saturated carbocycles. The Morgan fingerprint density at radius 1 is 1.41 bits per heavy atom. The van der Waals surface area contributed by atoms with Crippen LogP contribution in [0.15, 0.2) is 15.6 Å². The summed E-state index contributed by atoms with van der Waals surface area (Å²) in [6.07, 6.45) is 2.91. The van der Waals surface area contributed by atoms with Crippen molar-refractivity contribution >= 4 is 12.1 Å². The second-order valence-electron chi connectivity index (χ2n) is 8.95. The number of carbonyl (C=O) groups is 1. The van der Waals surface area contributed by atoms with Crippen molar-refractivity contribution in [1.29, 1.82) is 0 Å². The predicted octanol–water partition coefficient (Wildman–Crippen LogP) is 3.50. The number of rotatable bonds is 6. The van der Waals surface area contributed by atoms with Crippen LogP contribution in [0.1, 0.15) is 71.3 Å². The first-order chi connectivity index (χ1) is 13.7. The van der Waals surface area contributed by atoms with Crippen molar-refractivity contribution in [3.8, 4) is 0 Å². The van der Waals surface area contributed by atoms with Crippen LogP contribution in [0, 0.1) is 5.92 Å². The molecule has 1 fully saturated rings. The highest BCUT2D eigenvalue weighted by molar-refractivity contribution is 5.79. The van der Waals surface area contributed by atoms with Gasteiger partial charge in [0.05, 0.1) is 12.2 Å². The van der Waals surface area contributed by atoms with Gasteiger partial charge in [-0.1, -0.05) is 19.0 Å². The molecule has 8 nitrogen and oxygen atoms in total. The van der Waals surface area contributed by atoms with E-state index in [0.29, 0.717) is 18.4 Å². The van der Waals surface area contributed by atoms with E-state index >= 15 is 0 Å². The topological polar surface area (TPSA) is 92.0 Å². The van der Waals surface area contributed by atoms with Gasteiger partial charge in [0.15, 0.2) is 11.7 Å². The fourth-order valence-electron chi connectivity index (χ4n) is 3.26. The highest BCUT2D eigenvalue weighted by Crippen LogP contribution is 2.21. The monoisotopic (exact) mass is 407 g/mol. The van der Waals surface area contributed by atoms with Crippen molar-refractivity contribution in [3.05, 3.63) is 17.5 Å². The molecule has 164 valence electrons. The normalized spacial score (nSPS) is 18.1. The smallest absolute Gasteiger partial charge is 0.410 e. The molecule has 8 heteroatoms. The van der Waals surface area contributed by atoms with E-state index in [4.69, 9.17) is 9.26 Å².